The summed E-state index contributed by atoms with van der Waals surface area (Å²) in [6.07, 6.45) is 1.62. The van der Waals surface area contributed by atoms with Gasteiger partial charge in [0.05, 0.1) is 36.4 Å². The van der Waals surface area contributed by atoms with Crippen LogP contribution in [0.2, 0.25) is 0 Å². The molecular weight excluding hydrogens is 449 g/mol. The minimum absolute atomic E-state index is 0.0723. The van der Waals surface area contributed by atoms with E-state index in [2.05, 4.69) is 20.4 Å². The van der Waals surface area contributed by atoms with E-state index in [0.29, 0.717) is 38.2 Å². The van der Waals surface area contributed by atoms with E-state index in [0.717, 1.165) is 28.9 Å². The summed E-state index contributed by atoms with van der Waals surface area (Å²) >= 11 is 0. The largest absolute Gasteiger partial charge is 0.370 e. The lowest BCUT2D eigenvalue weighted by Gasteiger charge is -2.46. The average Bonchev–Trinajstić information content (AvgIpc) is 3.40. The molecular formula is C25H26FN7O2. The summed E-state index contributed by atoms with van der Waals surface area (Å²) in [5.74, 6) is -0.426. The summed E-state index contributed by atoms with van der Waals surface area (Å²) in [5, 5.41) is 20.6. The molecule has 0 N–H and O–H groups in total. The second-order valence-electron chi connectivity index (χ2n) is 9.05. The molecule has 2 saturated heterocycles. The van der Waals surface area contributed by atoms with Gasteiger partial charge < -0.3 is 9.64 Å². The first-order valence-electron chi connectivity index (χ1n) is 11.6. The third-order valence-corrected chi connectivity index (χ3v) is 7.12. The van der Waals surface area contributed by atoms with Crippen LogP contribution in [0.25, 0.3) is 5.69 Å². The number of aromatic nitrogens is 4. The van der Waals surface area contributed by atoms with Crippen molar-refractivity contribution in [2.45, 2.75) is 32.4 Å². The Morgan fingerprint density at radius 3 is 2.83 bits per heavy atom. The molecule has 180 valence electrons. The van der Waals surface area contributed by atoms with Crippen molar-refractivity contribution in [3.63, 3.8) is 0 Å². The number of ether oxygens (including phenoxy) is 1. The molecule has 0 radical (unpaired) electrons. The van der Waals surface area contributed by atoms with Crippen molar-refractivity contribution in [1.29, 1.82) is 5.26 Å². The molecule has 10 heteroatoms. The lowest BCUT2D eigenvalue weighted by atomic mass is 9.96. The predicted molar refractivity (Wildman–Crippen MR) is 124 cm³/mol. The van der Waals surface area contributed by atoms with Crippen LogP contribution in [0.3, 0.4) is 0 Å². The van der Waals surface area contributed by atoms with Crippen molar-refractivity contribution in [3.05, 3.63) is 70.3 Å². The van der Waals surface area contributed by atoms with Gasteiger partial charge in [0, 0.05) is 26.2 Å². The Morgan fingerprint density at radius 1 is 1.20 bits per heavy atom. The van der Waals surface area contributed by atoms with Crippen molar-refractivity contribution in [2.75, 3.05) is 32.8 Å². The average molecular weight is 476 g/mol. The first-order chi connectivity index (χ1) is 17.0. The van der Waals surface area contributed by atoms with E-state index >= 15 is 0 Å². The van der Waals surface area contributed by atoms with Gasteiger partial charge in [0.25, 0.3) is 0 Å². The van der Waals surface area contributed by atoms with Crippen molar-refractivity contribution in [3.8, 4) is 11.8 Å². The standard InChI is InChI=1S/C25H26FN7O2/c1-16-18(4-3-5-23(16)33-15-28-29-30-33)10-25(34)32-9-8-31-13-24(35-14-19(31)12-32)20-6-7-22(26)21(11-27)17(20)2/h3-7,15,19,24H,8-10,12-14H2,1-2H3/t19-,24+/m1/s1. The predicted octanol–water partition coefficient (Wildman–Crippen LogP) is 2.12. The number of benzene rings is 2. The number of hydrogen-bond donors (Lipinski definition) is 0. The zero-order valence-corrected chi connectivity index (χ0v) is 19.7. The maximum Gasteiger partial charge on any atom is 0.227 e. The van der Waals surface area contributed by atoms with Gasteiger partial charge in [-0.3, -0.25) is 9.69 Å². The number of carbonyl (C=O) groups is 1. The third kappa shape index (κ3) is 4.40. The van der Waals surface area contributed by atoms with Gasteiger partial charge in [-0.25, -0.2) is 9.07 Å². The zero-order chi connectivity index (χ0) is 24.5. The number of piperazine rings is 1. The van der Waals surface area contributed by atoms with Crippen molar-refractivity contribution < 1.29 is 13.9 Å². The van der Waals surface area contributed by atoms with Gasteiger partial charge in [-0.15, -0.1) is 5.10 Å². The van der Waals surface area contributed by atoms with Crippen LogP contribution in [0.15, 0.2) is 36.7 Å². The van der Waals surface area contributed by atoms with E-state index in [1.807, 2.05) is 36.1 Å². The Labute approximate surface area is 202 Å². The number of tetrazole rings is 1. The van der Waals surface area contributed by atoms with Crippen LogP contribution < -0.4 is 0 Å². The van der Waals surface area contributed by atoms with Crippen molar-refractivity contribution in [2.24, 2.45) is 0 Å². The summed E-state index contributed by atoms with van der Waals surface area (Å²) < 4.78 is 21.7. The van der Waals surface area contributed by atoms with E-state index < -0.39 is 5.82 Å². The fourth-order valence-corrected chi connectivity index (χ4v) is 5.04. The zero-order valence-electron chi connectivity index (χ0n) is 19.7. The lowest BCUT2D eigenvalue weighted by molar-refractivity contribution is -0.139. The van der Waals surface area contributed by atoms with Gasteiger partial charge in [-0.2, -0.15) is 5.26 Å². The Hall–Kier alpha value is -3.68. The smallest absolute Gasteiger partial charge is 0.227 e. The van der Waals surface area contributed by atoms with Crippen LogP contribution in [0.1, 0.15) is 33.9 Å². The molecule has 1 amide bonds. The van der Waals surface area contributed by atoms with Gasteiger partial charge in [0.15, 0.2) is 0 Å². The molecule has 2 aliphatic rings. The van der Waals surface area contributed by atoms with Crippen LogP contribution in [0.5, 0.6) is 0 Å². The number of morpholine rings is 1. The number of fused-ring (bicyclic) bond motifs is 1. The number of amides is 1. The molecule has 35 heavy (non-hydrogen) atoms. The Balaban J connectivity index is 1.24. The van der Waals surface area contributed by atoms with Crippen molar-refractivity contribution >= 4 is 5.91 Å². The van der Waals surface area contributed by atoms with E-state index in [9.17, 15) is 14.4 Å². The molecule has 1 aromatic heterocycles. The molecule has 2 aliphatic heterocycles. The second-order valence-corrected chi connectivity index (χ2v) is 9.05. The number of halogens is 1. The molecule has 2 fully saturated rings. The van der Waals surface area contributed by atoms with E-state index in [4.69, 9.17) is 4.74 Å². The van der Waals surface area contributed by atoms with Crippen molar-refractivity contribution in [1.82, 2.24) is 30.0 Å². The van der Waals surface area contributed by atoms with Gasteiger partial charge in [-0.1, -0.05) is 18.2 Å². The molecule has 0 spiro atoms. The highest BCUT2D eigenvalue weighted by Crippen LogP contribution is 2.31. The highest BCUT2D eigenvalue weighted by molar-refractivity contribution is 5.79. The SMILES string of the molecule is Cc1c(CC(=O)N2CCN3C[C@@H](c4ccc(F)c(C#N)c4C)OC[C@H]3C2)cccc1-n1cnnn1. The summed E-state index contributed by atoms with van der Waals surface area (Å²) in [7, 11) is 0. The summed E-state index contributed by atoms with van der Waals surface area (Å²) in [4.78, 5) is 17.4. The van der Waals surface area contributed by atoms with Gasteiger partial charge in [0.2, 0.25) is 5.91 Å². The summed E-state index contributed by atoms with van der Waals surface area (Å²) in [6.45, 7) is 6.84. The molecule has 0 saturated carbocycles. The number of rotatable bonds is 4. The van der Waals surface area contributed by atoms with Crippen LogP contribution >= 0.6 is 0 Å². The highest BCUT2D eigenvalue weighted by atomic mass is 19.1. The molecule has 0 unspecified atom stereocenters. The molecule has 5 rings (SSSR count). The quantitative estimate of drug-likeness (QED) is 0.570. The van der Waals surface area contributed by atoms with Crippen LogP contribution in [0, 0.1) is 31.0 Å². The van der Waals surface area contributed by atoms with Crippen LogP contribution in [0.4, 0.5) is 4.39 Å². The fourth-order valence-electron chi connectivity index (χ4n) is 5.04. The van der Waals surface area contributed by atoms with Crippen LogP contribution in [-0.2, 0) is 16.0 Å². The highest BCUT2D eigenvalue weighted by Gasteiger charge is 2.36. The van der Waals surface area contributed by atoms with E-state index in [1.165, 1.54) is 12.4 Å². The first kappa shape index (κ1) is 23.1. The summed E-state index contributed by atoms with van der Waals surface area (Å²) in [5.41, 5.74) is 4.32. The summed E-state index contributed by atoms with van der Waals surface area (Å²) in [6, 6.07) is 10.9. The number of carbonyl (C=O) groups excluding carboxylic acids is 1. The lowest BCUT2D eigenvalue weighted by Crippen LogP contribution is -2.59. The minimum atomic E-state index is -0.506. The fraction of sp³-hybridized carbons (Fsp3) is 0.400. The molecule has 9 nitrogen and oxygen atoms in total. The Morgan fingerprint density at radius 2 is 2.06 bits per heavy atom. The maximum absolute atomic E-state index is 13.9. The Bertz CT molecular complexity index is 1290. The molecule has 0 aliphatic carbocycles. The minimum Gasteiger partial charge on any atom is -0.370 e. The van der Waals surface area contributed by atoms with Gasteiger partial charge >= 0.3 is 0 Å². The van der Waals surface area contributed by atoms with Gasteiger partial charge in [-0.05, 0) is 58.7 Å². The van der Waals surface area contributed by atoms with Crippen LogP contribution in [-0.4, -0.2) is 74.7 Å². The molecule has 3 aromatic rings. The second kappa shape index (κ2) is 9.52. The number of nitriles is 1. The number of hydrogen-bond acceptors (Lipinski definition) is 7. The Kier molecular flexibility index (Phi) is 6.28. The normalized spacial score (nSPS) is 20.3. The molecule has 2 aromatic carbocycles. The first-order valence-corrected chi connectivity index (χ1v) is 11.6. The maximum atomic E-state index is 13.9. The number of nitrogens with zero attached hydrogens (tertiary/aromatic N) is 7. The third-order valence-electron chi connectivity index (χ3n) is 7.12. The monoisotopic (exact) mass is 475 g/mol. The molecule has 3 heterocycles. The van der Waals surface area contributed by atoms with E-state index in [-0.39, 0.29) is 23.6 Å². The topological polar surface area (TPSA) is 100 Å². The van der Waals surface area contributed by atoms with Gasteiger partial charge in [0.1, 0.15) is 18.2 Å². The molecule has 0 bridgehead atoms. The molecule has 2 atom stereocenters. The van der Waals surface area contributed by atoms with E-state index in [1.54, 1.807) is 17.7 Å².